The van der Waals surface area contributed by atoms with Gasteiger partial charge in [0.15, 0.2) is 0 Å². The highest BCUT2D eigenvalue weighted by atomic mass is 32.2. The Balaban J connectivity index is 2.03. The fourth-order valence-electron chi connectivity index (χ4n) is 2.42. The third kappa shape index (κ3) is 5.11. The highest BCUT2D eigenvalue weighted by Gasteiger charge is 2.17. The van der Waals surface area contributed by atoms with Crippen LogP contribution in [0.3, 0.4) is 0 Å². The summed E-state index contributed by atoms with van der Waals surface area (Å²) in [5.74, 6) is 8.40. The first-order chi connectivity index (χ1) is 10.2. The molecule has 3 nitrogen and oxygen atoms in total. The minimum Gasteiger partial charge on any atom is -0.384 e. The van der Waals surface area contributed by atoms with E-state index in [-0.39, 0.29) is 12.5 Å². The van der Waals surface area contributed by atoms with Crippen molar-refractivity contribution in [2.75, 3.05) is 23.4 Å². The number of nitrogens with one attached hydrogen (secondary N) is 1. The number of amides is 1. The molecule has 1 fully saturated rings. The lowest BCUT2D eigenvalue weighted by molar-refractivity contribution is -0.117. The maximum absolute atomic E-state index is 12.2. The third-order valence-corrected chi connectivity index (χ3v) is 4.61. The fourth-order valence-corrected chi connectivity index (χ4v) is 3.62. The van der Waals surface area contributed by atoms with Crippen molar-refractivity contribution in [3.8, 4) is 11.8 Å². The van der Waals surface area contributed by atoms with Crippen LogP contribution in [-0.2, 0) is 4.79 Å². The number of hydrogen-bond donors (Lipinski definition) is 2. The monoisotopic (exact) mass is 303 g/mol. The molecule has 0 radical (unpaired) electrons. The normalized spacial score (nSPS) is 15.1. The van der Waals surface area contributed by atoms with Crippen LogP contribution < -0.4 is 5.32 Å². The van der Waals surface area contributed by atoms with E-state index in [1.165, 1.54) is 0 Å². The Morgan fingerprint density at radius 1 is 1.43 bits per heavy atom. The van der Waals surface area contributed by atoms with Gasteiger partial charge in [0, 0.05) is 12.0 Å². The standard InChI is InChI=1S/C17H21NO2S/c1-13-4-5-15(3-2-8-19)16(11-13)18-17(20)12-14-6-9-21-10-7-14/h4-5,11,14,19H,6-10,12H2,1H3,(H,18,20). The lowest BCUT2D eigenvalue weighted by atomic mass is 9.98. The van der Waals surface area contributed by atoms with Crippen LogP contribution in [0.2, 0.25) is 0 Å². The first-order valence-electron chi connectivity index (χ1n) is 7.27. The van der Waals surface area contributed by atoms with Gasteiger partial charge in [-0.25, -0.2) is 0 Å². The predicted molar refractivity (Wildman–Crippen MR) is 88.4 cm³/mol. The van der Waals surface area contributed by atoms with Gasteiger partial charge in [-0.15, -0.1) is 0 Å². The molecule has 21 heavy (non-hydrogen) atoms. The molecule has 1 aliphatic heterocycles. The Morgan fingerprint density at radius 3 is 2.90 bits per heavy atom. The Labute approximate surface area is 130 Å². The van der Waals surface area contributed by atoms with Crippen LogP contribution in [0.1, 0.15) is 30.4 Å². The van der Waals surface area contributed by atoms with Crippen molar-refractivity contribution in [3.63, 3.8) is 0 Å². The zero-order chi connectivity index (χ0) is 15.1. The highest BCUT2D eigenvalue weighted by molar-refractivity contribution is 7.99. The van der Waals surface area contributed by atoms with E-state index in [1.807, 2.05) is 36.9 Å². The number of anilines is 1. The molecule has 0 aliphatic carbocycles. The van der Waals surface area contributed by atoms with Crippen molar-refractivity contribution in [1.29, 1.82) is 0 Å². The Hall–Kier alpha value is -1.44. The number of rotatable bonds is 3. The lowest BCUT2D eigenvalue weighted by Gasteiger charge is -2.20. The van der Waals surface area contributed by atoms with Crippen LogP contribution in [0.4, 0.5) is 5.69 Å². The molecule has 112 valence electrons. The van der Waals surface area contributed by atoms with Crippen LogP contribution in [-0.4, -0.2) is 29.1 Å². The Kier molecular flexibility index (Phi) is 6.16. The molecule has 1 aromatic carbocycles. The van der Waals surface area contributed by atoms with E-state index < -0.39 is 0 Å². The lowest BCUT2D eigenvalue weighted by Crippen LogP contribution is -2.20. The van der Waals surface area contributed by atoms with Gasteiger partial charge < -0.3 is 10.4 Å². The van der Waals surface area contributed by atoms with E-state index in [0.29, 0.717) is 12.3 Å². The van der Waals surface area contributed by atoms with Gasteiger partial charge in [-0.2, -0.15) is 11.8 Å². The largest absolute Gasteiger partial charge is 0.384 e. The zero-order valence-corrected chi connectivity index (χ0v) is 13.1. The van der Waals surface area contributed by atoms with E-state index in [0.717, 1.165) is 41.2 Å². The summed E-state index contributed by atoms with van der Waals surface area (Å²) in [4.78, 5) is 12.2. The molecular formula is C17H21NO2S. The number of aliphatic hydroxyl groups excluding tert-OH is 1. The van der Waals surface area contributed by atoms with Crippen LogP contribution in [0.15, 0.2) is 18.2 Å². The van der Waals surface area contributed by atoms with Gasteiger partial charge in [-0.05, 0) is 54.9 Å². The summed E-state index contributed by atoms with van der Waals surface area (Å²) in [5, 5.41) is 11.8. The molecule has 0 saturated carbocycles. The molecule has 0 aromatic heterocycles. The molecule has 4 heteroatoms. The van der Waals surface area contributed by atoms with Crippen molar-refractivity contribution in [3.05, 3.63) is 29.3 Å². The molecule has 1 saturated heterocycles. The summed E-state index contributed by atoms with van der Waals surface area (Å²) < 4.78 is 0. The molecule has 2 rings (SSSR count). The predicted octanol–water partition coefficient (Wildman–Crippen LogP) is 2.81. The number of carbonyl (C=O) groups excluding carboxylic acids is 1. The summed E-state index contributed by atoms with van der Waals surface area (Å²) in [5.41, 5.74) is 2.57. The third-order valence-electron chi connectivity index (χ3n) is 3.57. The summed E-state index contributed by atoms with van der Waals surface area (Å²) in [7, 11) is 0. The van der Waals surface area contributed by atoms with Gasteiger partial charge in [0.05, 0.1) is 5.69 Å². The number of carbonyl (C=O) groups is 1. The summed E-state index contributed by atoms with van der Waals surface area (Å²) in [6, 6.07) is 5.76. The summed E-state index contributed by atoms with van der Waals surface area (Å²) >= 11 is 1.97. The highest BCUT2D eigenvalue weighted by Crippen LogP contribution is 2.26. The molecule has 1 amide bonds. The number of aliphatic hydroxyl groups is 1. The van der Waals surface area contributed by atoms with Gasteiger partial charge in [-0.3, -0.25) is 4.79 Å². The van der Waals surface area contributed by atoms with E-state index in [4.69, 9.17) is 5.11 Å². The number of aryl methyl sites for hydroxylation is 1. The molecule has 2 N–H and O–H groups in total. The van der Waals surface area contributed by atoms with Gasteiger partial charge in [0.1, 0.15) is 6.61 Å². The number of thioether (sulfide) groups is 1. The zero-order valence-electron chi connectivity index (χ0n) is 12.3. The van der Waals surface area contributed by atoms with Gasteiger partial charge >= 0.3 is 0 Å². The van der Waals surface area contributed by atoms with Crippen molar-refractivity contribution in [2.24, 2.45) is 5.92 Å². The maximum atomic E-state index is 12.2. The molecule has 0 unspecified atom stereocenters. The van der Waals surface area contributed by atoms with E-state index in [2.05, 4.69) is 17.2 Å². The minimum atomic E-state index is -0.180. The second-order valence-corrected chi connectivity index (χ2v) is 6.54. The van der Waals surface area contributed by atoms with E-state index in [9.17, 15) is 4.79 Å². The SMILES string of the molecule is Cc1ccc(C#CCO)c(NC(=O)CC2CCSCC2)c1. The summed E-state index contributed by atoms with van der Waals surface area (Å²) in [6.45, 7) is 1.80. The molecule has 1 aliphatic rings. The number of benzene rings is 1. The van der Waals surface area contributed by atoms with E-state index in [1.54, 1.807) is 0 Å². The molecule has 0 atom stereocenters. The number of hydrogen-bond acceptors (Lipinski definition) is 3. The van der Waals surface area contributed by atoms with E-state index >= 15 is 0 Å². The molecule has 1 aromatic rings. The van der Waals surface area contributed by atoms with Gasteiger partial charge in [0.2, 0.25) is 5.91 Å². The van der Waals surface area contributed by atoms with Gasteiger partial charge in [0.25, 0.3) is 0 Å². The van der Waals surface area contributed by atoms with Crippen molar-refractivity contribution < 1.29 is 9.90 Å². The fraction of sp³-hybridized carbons (Fsp3) is 0.471. The van der Waals surface area contributed by atoms with Crippen molar-refractivity contribution in [1.82, 2.24) is 0 Å². The van der Waals surface area contributed by atoms with Crippen molar-refractivity contribution >= 4 is 23.4 Å². The summed E-state index contributed by atoms with van der Waals surface area (Å²) in [6.07, 6.45) is 2.84. The molecule has 0 bridgehead atoms. The molecule has 1 heterocycles. The second kappa shape index (κ2) is 8.11. The van der Waals surface area contributed by atoms with Crippen LogP contribution in [0.25, 0.3) is 0 Å². The minimum absolute atomic E-state index is 0.0598. The smallest absolute Gasteiger partial charge is 0.224 e. The first-order valence-corrected chi connectivity index (χ1v) is 8.42. The quantitative estimate of drug-likeness (QED) is 0.844. The van der Waals surface area contributed by atoms with Crippen LogP contribution in [0, 0.1) is 24.7 Å². The average molecular weight is 303 g/mol. The topological polar surface area (TPSA) is 49.3 Å². The maximum Gasteiger partial charge on any atom is 0.224 e. The molecular weight excluding hydrogens is 282 g/mol. The van der Waals surface area contributed by atoms with Crippen LogP contribution >= 0.6 is 11.8 Å². The van der Waals surface area contributed by atoms with Gasteiger partial charge in [-0.1, -0.05) is 17.9 Å². The Morgan fingerprint density at radius 2 is 2.19 bits per heavy atom. The second-order valence-electron chi connectivity index (χ2n) is 5.32. The van der Waals surface area contributed by atoms with Crippen LogP contribution in [0.5, 0.6) is 0 Å². The molecule has 0 spiro atoms. The first kappa shape index (κ1) is 15.9. The average Bonchev–Trinajstić information content (AvgIpc) is 2.47. The Bertz CT molecular complexity index is 554. The van der Waals surface area contributed by atoms with Crippen molar-refractivity contribution in [2.45, 2.75) is 26.2 Å².